The quantitative estimate of drug-likeness (QED) is 0.782. The zero-order valence-corrected chi connectivity index (χ0v) is 10.4. The van der Waals surface area contributed by atoms with Crippen molar-refractivity contribution >= 4 is 5.97 Å². The average Bonchev–Trinajstić information content (AvgIpc) is 2.64. The SMILES string of the molecule is O=C(O)CC1CCCN(CC2(O)CCCC2)C1. The molecule has 0 spiro atoms. The van der Waals surface area contributed by atoms with Crippen molar-refractivity contribution in [2.24, 2.45) is 5.92 Å². The molecule has 0 radical (unpaired) electrons. The van der Waals surface area contributed by atoms with Gasteiger partial charge in [0.25, 0.3) is 0 Å². The standard InChI is InChI=1S/C13H23NO3/c15-12(16)8-11-4-3-7-14(9-11)10-13(17)5-1-2-6-13/h11,17H,1-10H2,(H,15,16). The molecule has 17 heavy (non-hydrogen) atoms. The Morgan fingerprint density at radius 2 is 2.00 bits per heavy atom. The van der Waals surface area contributed by atoms with Crippen molar-refractivity contribution in [3.8, 4) is 0 Å². The fraction of sp³-hybridized carbons (Fsp3) is 0.923. The highest BCUT2D eigenvalue weighted by Crippen LogP contribution is 2.31. The number of aliphatic hydroxyl groups is 1. The summed E-state index contributed by atoms with van der Waals surface area (Å²) in [5.41, 5.74) is -0.495. The minimum Gasteiger partial charge on any atom is -0.481 e. The molecule has 1 atom stereocenters. The van der Waals surface area contributed by atoms with E-state index in [1.807, 2.05) is 0 Å². The Hall–Kier alpha value is -0.610. The Kier molecular flexibility index (Phi) is 4.05. The van der Waals surface area contributed by atoms with E-state index in [0.717, 1.165) is 58.2 Å². The van der Waals surface area contributed by atoms with Gasteiger partial charge in [-0.2, -0.15) is 0 Å². The van der Waals surface area contributed by atoms with Crippen molar-refractivity contribution < 1.29 is 15.0 Å². The number of nitrogens with zero attached hydrogens (tertiary/aromatic N) is 1. The number of carbonyl (C=O) groups is 1. The molecular formula is C13H23NO3. The first-order valence-corrected chi connectivity index (χ1v) is 6.74. The Labute approximate surface area is 103 Å². The Morgan fingerprint density at radius 1 is 1.29 bits per heavy atom. The first-order valence-electron chi connectivity index (χ1n) is 6.74. The summed E-state index contributed by atoms with van der Waals surface area (Å²) < 4.78 is 0. The van der Waals surface area contributed by atoms with E-state index < -0.39 is 11.6 Å². The second kappa shape index (κ2) is 5.36. The molecule has 2 N–H and O–H groups in total. The third-order valence-electron chi connectivity index (χ3n) is 4.12. The Morgan fingerprint density at radius 3 is 2.65 bits per heavy atom. The topological polar surface area (TPSA) is 60.8 Å². The van der Waals surface area contributed by atoms with Crippen LogP contribution >= 0.6 is 0 Å². The molecule has 0 amide bonds. The second-order valence-corrected chi connectivity index (χ2v) is 5.77. The normalized spacial score (nSPS) is 29.4. The van der Waals surface area contributed by atoms with E-state index >= 15 is 0 Å². The molecule has 1 aliphatic heterocycles. The third kappa shape index (κ3) is 3.68. The number of likely N-dealkylation sites (tertiary alicyclic amines) is 1. The fourth-order valence-corrected chi connectivity index (χ4v) is 3.32. The molecule has 0 aromatic heterocycles. The van der Waals surface area contributed by atoms with Gasteiger partial charge < -0.3 is 15.1 Å². The summed E-state index contributed by atoms with van der Waals surface area (Å²) >= 11 is 0. The summed E-state index contributed by atoms with van der Waals surface area (Å²) in [5.74, 6) is -0.428. The predicted molar refractivity (Wildman–Crippen MR) is 64.8 cm³/mol. The minimum atomic E-state index is -0.698. The van der Waals surface area contributed by atoms with Gasteiger partial charge in [0.1, 0.15) is 0 Å². The van der Waals surface area contributed by atoms with Crippen LogP contribution in [0.5, 0.6) is 0 Å². The lowest BCUT2D eigenvalue weighted by atomic mass is 9.93. The predicted octanol–water partition coefficient (Wildman–Crippen LogP) is 1.48. The van der Waals surface area contributed by atoms with Crippen molar-refractivity contribution in [1.82, 2.24) is 4.90 Å². The molecule has 0 bridgehead atoms. The van der Waals surface area contributed by atoms with E-state index in [1.165, 1.54) is 0 Å². The summed E-state index contributed by atoms with van der Waals surface area (Å²) in [5, 5.41) is 19.2. The first-order chi connectivity index (χ1) is 8.07. The number of carboxylic acids is 1. The molecule has 1 unspecified atom stereocenters. The van der Waals surface area contributed by atoms with Crippen LogP contribution in [0.15, 0.2) is 0 Å². The van der Waals surface area contributed by atoms with Crippen LogP contribution in [0.4, 0.5) is 0 Å². The molecule has 1 saturated carbocycles. The smallest absolute Gasteiger partial charge is 0.303 e. The molecular weight excluding hydrogens is 218 g/mol. The van der Waals surface area contributed by atoms with E-state index in [1.54, 1.807) is 0 Å². The van der Waals surface area contributed by atoms with Crippen molar-refractivity contribution in [1.29, 1.82) is 0 Å². The fourth-order valence-electron chi connectivity index (χ4n) is 3.32. The lowest BCUT2D eigenvalue weighted by molar-refractivity contribution is -0.138. The zero-order chi connectivity index (χ0) is 12.3. The lowest BCUT2D eigenvalue weighted by Gasteiger charge is -2.36. The summed E-state index contributed by atoms with van der Waals surface area (Å²) in [4.78, 5) is 13.0. The van der Waals surface area contributed by atoms with Crippen LogP contribution in [-0.4, -0.2) is 46.3 Å². The maximum Gasteiger partial charge on any atom is 0.303 e. The van der Waals surface area contributed by atoms with E-state index in [4.69, 9.17) is 5.11 Å². The van der Waals surface area contributed by atoms with Crippen molar-refractivity contribution in [3.63, 3.8) is 0 Å². The number of carboxylic acid groups (broad SMARTS) is 1. The maximum atomic E-state index is 10.7. The highest BCUT2D eigenvalue weighted by Gasteiger charge is 2.34. The largest absolute Gasteiger partial charge is 0.481 e. The number of piperidine rings is 1. The highest BCUT2D eigenvalue weighted by molar-refractivity contribution is 5.67. The molecule has 1 saturated heterocycles. The van der Waals surface area contributed by atoms with Crippen LogP contribution in [0, 0.1) is 5.92 Å². The van der Waals surface area contributed by atoms with Crippen LogP contribution in [0.1, 0.15) is 44.9 Å². The number of hydrogen-bond acceptors (Lipinski definition) is 3. The van der Waals surface area contributed by atoms with Crippen molar-refractivity contribution in [3.05, 3.63) is 0 Å². The minimum absolute atomic E-state index is 0.270. The van der Waals surface area contributed by atoms with Gasteiger partial charge in [-0.05, 0) is 38.1 Å². The van der Waals surface area contributed by atoms with Gasteiger partial charge in [0.05, 0.1) is 5.60 Å². The molecule has 1 aliphatic carbocycles. The number of hydrogen-bond donors (Lipinski definition) is 2. The van der Waals surface area contributed by atoms with Crippen LogP contribution in [0.2, 0.25) is 0 Å². The van der Waals surface area contributed by atoms with Gasteiger partial charge in [-0.15, -0.1) is 0 Å². The first kappa shape index (κ1) is 12.8. The van der Waals surface area contributed by atoms with Crippen LogP contribution in [0.25, 0.3) is 0 Å². The van der Waals surface area contributed by atoms with Gasteiger partial charge in [0, 0.05) is 19.5 Å². The molecule has 1 heterocycles. The van der Waals surface area contributed by atoms with Crippen molar-refractivity contribution in [2.75, 3.05) is 19.6 Å². The second-order valence-electron chi connectivity index (χ2n) is 5.77. The van der Waals surface area contributed by atoms with Gasteiger partial charge in [0.15, 0.2) is 0 Å². The number of β-amino-alcohol motifs (C(OH)–C–C–N with tert-alkyl or cyclic N) is 1. The molecule has 0 aromatic carbocycles. The molecule has 2 rings (SSSR count). The van der Waals surface area contributed by atoms with E-state index in [2.05, 4.69) is 4.90 Å². The van der Waals surface area contributed by atoms with E-state index in [-0.39, 0.29) is 12.3 Å². The van der Waals surface area contributed by atoms with Gasteiger partial charge in [-0.25, -0.2) is 0 Å². The molecule has 4 heteroatoms. The monoisotopic (exact) mass is 241 g/mol. The lowest BCUT2D eigenvalue weighted by Crippen LogP contribution is -2.45. The van der Waals surface area contributed by atoms with Gasteiger partial charge in [-0.1, -0.05) is 12.8 Å². The molecule has 98 valence electrons. The Balaban J connectivity index is 1.82. The molecule has 2 fully saturated rings. The zero-order valence-electron chi connectivity index (χ0n) is 10.4. The number of aliphatic carboxylic acids is 1. The average molecular weight is 241 g/mol. The summed E-state index contributed by atoms with van der Waals surface area (Å²) in [6.45, 7) is 2.59. The third-order valence-corrected chi connectivity index (χ3v) is 4.12. The number of rotatable bonds is 4. The van der Waals surface area contributed by atoms with Gasteiger partial charge in [-0.3, -0.25) is 4.79 Å². The maximum absolute atomic E-state index is 10.7. The molecule has 0 aromatic rings. The highest BCUT2D eigenvalue weighted by atomic mass is 16.4. The van der Waals surface area contributed by atoms with Crippen molar-refractivity contribution in [2.45, 2.75) is 50.5 Å². The van der Waals surface area contributed by atoms with Crippen LogP contribution < -0.4 is 0 Å². The Bertz CT molecular complexity index is 274. The summed E-state index contributed by atoms with van der Waals surface area (Å²) in [6.07, 6.45) is 6.43. The van der Waals surface area contributed by atoms with Gasteiger partial charge in [0.2, 0.25) is 0 Å². The van der Waals surface area contributed by atoms with Gasteiger partial charge >= 0.3 is 5.97 Å². The van der Waals surface area contributed by atoms with Crippen LogP contribution in [-0.2, 0) is 4.79 Å². The molecule has 2 aliphatic rings. The van der Waals surface area contributed by atoms with E-state index in [0.29, 0.717) is 0 Å². The molecule has 4 nitrogen and oxygen atoms in total. The van der Waals surface area contributed by atoms with E-state index in [9.17, 15) is 9.90 Å². The summed E-state index contributed by atoms with van der Waals surface area (Å²) in [7, 11) is 0. The summed E-state index contributed by atoms with van der Waals surface area (Å²) in [6, 6.07) is 0. The van der Waals surface area contributed by atoms with Crippen LogP contribution in [0.3, 0.4) is 0 Å².